The van der Waals surface area contributed by atoms with Crippen LogP contribution >= 0.6 is 0 Å². The summed E-state index contributed by atoms with van der Waals surface area (Å²) in [5.41, 5.74) is 4.52. The van der Waals surface area contributed by atoms with Gasteiger partial charge >= 0.3 is 0 Å². The normalized spacial score (nSPS) is 7.31. The summed E-state index contributed by atoms with van der Waals surface area (Å²) < 4.78 is 6.55. The van der Waals surface area contributed by atoms with Gasteiger partial charge in [-0.25, -0.2) is 0 Å². The van der Waals surface area contributed by atoms with Crippen molar-refractivity contribution < 1.29 is 4.42 Å². The number of fused-ring (bicyclic) bond motifs is 3. The number of hydrogen-bond acceptors (Lipinski definition) is 1. The molecule has 198 valence electrons. The van der Waals surface area contributed by atoms with E-state index in [1.807, 2.05) is 13.0 Å². The monoisotopic (exact) mass is 560 g/mol. The molecule has 0 saturated carbocycles. The van der Waals surface area contributed by atoms with Gasteiger partial charge in [-0.1, -0.05) is 35.5 Å². The van der Waals surface area contributed by atoms with E-state index in [1.165, 1.54) is 0 Å². The topological polar surface area (TPSA) is 13.1 Å². The Morgan fingerprint density at radius 2 is 0.933 bits per heavy atom. The van der Waals surface area contributed by atoms with Crippen molar-refractivity contribution in [2.45, 2.75) is 27.7 Å². The van der Waals surface area contributed by atoms with Crippen LogP contribution < -0.4 is 0 Å². The first-order valence-electron chi connectivity index (χ1n) is 12.9. The molecule has 3 rings (SSSR count). The van der Waals surface area contributed by atoms with Gasteiger partial charge in [-0.05, 0) is 146 Å². The molecule has 0 spiro atoms. The molecule has 0 radical (unpaired) electrons. The Morgan fingerprint density at radius 3 is 1.53 bits per heavy atom. The van der Waals surface area contributed by atoms with E-state index >= 15 is 0 Å². The van der Waals surface area contributed by atoms with Crippen LogP contribution in [0.1, 0.15) is 59.7 Å². The van der Waals surface area contributed by atoms with Crippen molar-refractivity contribution in [2.75, 3.05) is 0 Å². The summed E-state index contributed by atoms with van der Waals surface area (Å²) in [5, 5.41) is 1.31. The molecule has 0 bridgehead atoms. The Bertz CT molecular complexity index is 2650. The lowest BCUT2D eigenvalue weighted by molar-refractivity contribution is 0.666. The van der Waals surface area contributed by atoms with Crippen LogP contribution in [0.15, 0.2) is 10.5 Å². The van der Waals surface area contributed by atoms with Crippen molar-refractivity contribution >= 4 is 21.9 Å². The zero-order valence-electron chi connectivity index (χ0n) is 24.7. The Morgan fingerprint density at radius 1 is 0.467 bits per heavy atom. The van der Waals surface area contributed by atoms with Crippen molar-refractivity contribution in [2.24, 2.45) is 0 Å². The molecule has 1 heteroatoms. The summed E-state index contributed by atoms with van der Waals surface area (Å²) >= 11 is 0. The maximum Gasteiger partial charge on any atom is 0.153 e. The van der Waals surface area contributed by atoms with Crippen molar-refractivity contribution in [1.82, 2.24) is 0 Å². The number of furan rings is 1. The van der Waals surface area contributed by atoms with Gasteiger partial charge in [0.2, 0.25) is 0 Å². The van der Waals surface area contributed by atoms with Gasteiger partial charge in [-0.15, -0.1) is 25.2 Å². The zero-order chi connectivity index (χ0) is 32.4. The van der Waals surface area contributed by atoms with E-state index in [-0.39, 0.29) is 0 Å². The van der Waals surface area contributed by atoms with Crippen molar-refractivity contribution in [3.8, 4) is 167 Å². The van der Waals surface area contributed by atoms with E-state index in [2.05, 4.69) is 148 Å². The molecule has 0 aliphatic rings. The standard InChI is InChI=1S/C44H16O/c1-8-14-18-21-23-27-31-38-36(29-26-22-19-15-9-2)37(30-25-20-16-10-3)40(32-24-17-11-4)44-42(38)41-33-34(7)35(13-6)39(28-12-5)43(41)45-44/h1,3,6,33H,2,4-5,7H3. The van der Waals surface area contributed by atoms with Gasteiger partial charge in [0.1, 0.15) is 0 Å². The summed E-state index contributed by atoms with van der Waals surface area (Å²) in [6, 6.07) is 1.92. The van der Waals surface area contributed by atoms with Gasteiger partial charge in [0.25, 0.3) is 0 Å². The molecule has 0 amide bonds. The fraction of sp³-hybridized carbons (Fsp3) is 0.0909. The lowest BCUT2D eigenvalue weighted by Gasteiger charge is -2.07. The van der Waals surface area contributed by atoms with Gasteiger partial charge in [0, 0.05) is 16.3 Å². The van der Waals surface area contributed by atoms with Crippen LogP contribution in [-0.4, -0.2) is 0 Å². The lowest BCUT2D eigenvalue weighted by Crippen LogP contribution is -1.97. The second-order valence-electron chi connectivity index (χ2n) is 8.18. The first-order chi connectivity index (χ1) is 22.1. The molecule has 1 nitrogen and oxygen atoms in total. The van der Waals surface area contributed by atoms with E-state index in [9.17, 15) is 0 Å². The highest BCUT2D eigenvalue weighted by Gasteiger charge is 2.24. The molecule has 45 heavy (non-hydrogen) atoms. The highest BCUT2D eigenvalue weighted by atomic mass is 16.3. The summed E-state index contributed by atoms with van der Waals surface area (Å²) in [7, 11) is 0. The third kappa shape index (κ3) is 7.43. The highest BCUT2D eigenvalue weighted by Crippen LogP contribution is 2.40. The van der Waals surface area contributed by atoms with E-state index in [1.54, 1.807) is 20.8 Å². The van der Waals surface area contributed by atoms with E-state index < -0.39 is 0 Å². The Labute approximate surface area is 265 Å². The van der Waals surface area contributed by atoms with Crippen LogP contribution in [0.3, 0.4) is 0 Å². The maximum atomic E-state index is 6.55. The molecule has 0 unspecified atom stereocenters. The molecule has 0 aliphatic heterocycles. The molecule has 0 aliphatic carbocycles. The van der Waals surface area contributed by atoms with Crippen molar-refractivity contribution in [3.05, 3.63) is 45.0 Å². The number of hydrogen-bond donors (Lipinski definition) is 0. The predicted octanol–water partition coefficient (Wildman–Crippen LogP) is 4.98. The smallest absolute Gasteiger partial charge is 0.153 e. The molecule has 0 atom stereocenters. The quantitative estimate of drug-likeness (QED) is 0.354. The van der Waals surface area contributed by atoms with Crippen LogP contribution in [-0.2, 0) is 0 Å². The summed E-state index contributed by atoms with van der Waals surface area (Å²) in [6.07, 6.45) is 16.4. The van der Waals surface area contributed by atoms with Gasteiger partial charge in [0.05, 0.1) is 27.8 Å². The third-order valence-electron chi connectivity index (χ3n) is 5.57. The summed E-state index contributed by atoms with van der Waals surface area (Å²) in [5.74, 6) is 68.7. The molecular weight excluding hydrogens is 544 g/mol. The maximum absolute atomic E-state index is 6.55. The Balaban J connectivity index is 2.82. The number of rotatable bonds is 0. The second kappa shape index (κ2) is 16.4. The molecule has 3 aromatic rings. The van der Waals surface area contributed by atoms with Gasteiger partial charge < -0.3 is 4.42 Å². The highest BCUT2D eigenvalue weighted by molar-refractivity contribution is 6.13. The van der Waals surface area contributed by atoms with Crippen molar-refractivity contribution in [1.29, 1.82) is 0 Å². The molecule has 2 aromatic carbocycles. The molecule has 1 heterocycles. The van der Waals surface area contributed by atoms with Gasteiger partial charge in [0.15, 0.2) is 11.2 Å². The number of benzene rings is 2. The van der Waals surface area contributed by atoms with E-state index in [0.717, 1.165) is 5.56 Å². The van der Waals surface area contributed by atoms with E-state index in [0.29, 0.717) is 55.3 Å². The molecule has 0 saturated heterocycles. The SMILES string of the molecule is C#CC#CC#CC#Cc1c(C#CC#CC#CC)c(C#CC#CC#C)c(C#CC#CC)c2oc3c(C#CC)c(C#C)c(C)cc3c12. The number of terminal acetylenes is 3. The molecule has 0 N–H and O–H groups in total. The molecule has 1 aromatic heterocycles. The minimum Gasteiger partial charge on any atom is -0.453 e. The molecule has 0 fully saturated rings. The van der Waals surface area contributed by atoms with Crippen LogP contribution in [0.25, 0.3) is 21.9 Å². The van der Waals surface area contributed by atoms with Crippen LogP contribution in [0.5, 0.6) is 0 Å². The fourth-order valence-electron chi connectivity index (χ4n) is 3.96. The molecular formula is C44H16O. The first-order valence-corrected chi connectivity index (χ1v) is 12.9. The van der Waals surface area contributed by atoms with Crippen LogP contribution in [0, 0.1) is 174 Å². The van der Waals surface area contributed by atoms with Crippen LogP contribution in [0.2, 0.25) is 0 Å². The largest absolute Gasteiger partial charge is 0.453 e. The second-order valence-corrected chi connectivity index (χ2v) is 8.18. The average molecular weight is 561 g/mol. The zero-order valence-corrected chi connectivity index (χ0v) is 24.7. The minimum absolute atomic E-state index is 0.384. The van der Waals surface area contributed by atoms with E-state index in [4.69, 9.17) is 23.7 Å². The van der Waals surface area contributed by atoms with Crippen LogP contribution in [0.4, 0.5) is 0 Å². The van der Waals surface area contributed by atoms with Gasteiger partial charge in [-0.3, -0.25) is 0 Å². The van der Waals surface area contributed by atoms with Crippen molar-refractivity contribution in [3.63, 3.8) is 0 Å². The fourth-order valence-corrected chi connectivity index (χ4v) is 3.96. The third-order valence-corrected chi connectivity index (χ3v) is 5.57. The summed E-state index contributed by atoms with van der Waals surface area (Å²) in [6.45, 7) is 6.99. The number of aryl methyl sites for hydroxylation is 1. The minimum atomic E-state index is 0.384. The van der Waals surface area contributed by atoms with Gasteiger partial charge in [-0.2, -0.15) is 0 Å². The Hall–Kier alpha value is -7.92. The Kier molecular flexibility index (Phi) is 11.5. The average Bonchev–Trinajstić information content (AvgIpc) is 3.41. The summed E-state index contributed by atoms with van der Waals surface area (Å²) in [4.78, 5) is 0. The predicted molar refractivity (Wildman–Crippen MR) is 182 cm³/mol. The first kappa shape index (κ1) is 31.6. The lowest BCUT2D eigenvalue weighted by atomic mass is 9.90.